The van der Waals surface area contributed by atoms with Gasteiger partial charge in [-0.05, 0) is 31.5 Å². The number of aryl methyl sites for hydroxylation is 1. The van der Waals surface area contributed by atoms with Gasteiger partial charge in [-0.15, -0.1) is 0 Å². The number of hydrogen-bond donors (Lipinski definition) is 1. The first kappa shape index (κ1) is 18.5. The van der Waals surface area contributed by atoms with E-state index in [2.05, 4.69) is 5.16 Å². The smallest absolute Gasteiger partial charge is 0.310 e. The highest BCUT2D eigenvalue weighted by Crippen LogP contribution is 2.42. The third-order valence-corrected chi connectivity index (χ3v) is 4.25. The molecule has 1 aliphatic rings. The van der Waals surface area contributed by atoms with Crippen LogP contribution >= 0.6 is 0 Å². The van der Waals surface area contributed by atoms with E-state index in [0.29, 0.717) is 17.1 Å². The van der Waals surface area contributed by atoms with Crippen molar-refractivity contribution in [3.63, 3.8) is 0 Å². The van der Waals surface area contributed by atoms with Crippen LogP contribution in [0.1, 0.15) is 30.7 Å². The summed E-state index contributed by atoms with van der Waals surface area (Å²) < 4.78 is 15.2. The highest BCUT2D eigenvalue weighted by Gasteiger charge is 2.43. The molecule has 0 bridgehead atoms. The van der Waals surface area contributed by atoms with Crippen LogP contribution in [-0.4, -0.2) is 35.9 Å². The predicted molar refractivity (Wildman–Crippen MR) is 95.4 cm³/mol. The number of rotatable bonds is 6. The second-order valence-electron chi connectivity index (χ2n) is 6.00. The van der Waals surface area contributed by atoms with Crippen molar-refractivity contribution in [3.05, 3.63) is 53.0 Å². The Morgan fingerprint density at radius 2 is 2.04 bits per heavy atom. The van der Waals surface area contributed by atoms with Gasteiger partial charge in [0.1, 0.15) is 11.5 Å². The Bertz CT molecular complexity index is 884. The van der Waals surface area contributed by atoms with Gasteiger partial charge in [0.25, 0.3) is 5.91 Å². The molecular formula is C19H20N2O6. The van der Waals surface area contributed by atoms with Crippen LogP contribution in [0.3, 0.4) is 0 Å². The molecule has 0 saturated heterocycles. The largest absolute Gasteiger partial charge is 0.503 e. The first-order valence-corrected chi connectivity index (χ1v) is 8.44. The summed E-state index contributed by atoms with van der Waals surface area (Å²) in [4.78, 5) is 26.1. The first-order valence-electron chi connectivity index (χ1n) is 8.44. The average molecular weight is 372 g/mol. The normalized spacial score (nSPS) is 16.8. The number of benzene rings is 1. The van der Waals surface area contributed by atoms with Crippen molar-refractivity contribution in [1.82, 2.24) is 5.16 Å². The molecule has 1 unspecified atom stereocenters. The number of hydrogen-bond acceptors (Lipinski definition) is 7. The van der Waals surface area contributed by atoms with E-state index < -0.39 is 23.7 Å². The molecule has 8 nitrogen and oxygen atoms in total. The third kappa shape index (κ3) is 3.51. The fourth-order valence-corrected chi connectivity index (χ4v) is 3.04. The fourth-order valence-electron chi connectivity index (χ4n) is 3.04. The SMILES string of the molecule is CCOC(=O)CC1=C(O)C(=O)N(c2cc(C)on2)C1c1ccc(OC)cc1. The Morgan fingerprint density at radius 1 is 1.33 bits per heavy atom. The molecule has 0 radical (unpaired) electrons. The summed E-state index contributed by atoms with van der Waals surface area (Å²) in [5, 5.41) is 14.3. The maximum absolute atomic E-state index is 12.7. The zero-order valence-corrected chi connectivity index (χ0v) is 15.3. The van der Waals surface area contributed by atoms with Crippen LogP contribution in [0, 0.1) is 6.92 Å². The summed E-state index contributed by atoms with van der Waals surface area (Å²) in [6.45, 7) is 3.60. The molecule has 3 rings (SSSR count). The van der Waals surface area contributed by atoms with E-state index >= 15 is 0 Å². The van der Waals surface area contributed by atoms with Crippen LogP contribution in [0.25, 0.3) is 0 Å². The molecule has 0 aliphatic carbocycles. The molecule has 1 aromatic carbocycles. The van der Waals surface area contributed by atoms with Gasteiger partial charge in [-0.3, -0.25) is 14.5 Å². The molecule has 2 aromatic rings. The van der Waals surface area contributed by atoms with Crippen molar-refractivity contribution < 1.29 is 28.7 Å². The standard InChI is InChI=1S/C19H20N2O6/c1-4-26-16(22)10-14-17(12-5-7-13(25-3)8-6-12)21(19(24)18(14)23)15-9-11(2)27-20-15/h5-9,17,23H,4,10H2,1-3H3. The average Bonchev–Trinajstić information content (AvgIpc) is 3.18. The van der Waals surface area contributed by atoms with Crippen molar-refractivity contribution in [2.75, 3.05) is 18.6 Å². The summed E-state index contributed by atoms with van der Waals surface area (Å²) >= 11 is 0. The molecule has 1 N–H and O–H groups in total. The van der Waals surface area contributed by atoms with Crippen LogP contribution in [-0.2, 0) is 14.3 Å². The molecule has 1 amide bonds. The highest BCUT2D eigenvalue weighted by molar-refractivity contribution is 6.08. The number of carbonyl (C=O) groups is 2. The fraction of sp³-hybridized carbons (Fsp3) is 0.316. The molecule has 2 heterocycles. The number of carbonyl (C=O) groups excluding carboxylic acids is 2. The minimum absolute atomic E-state index is 0.209. The molecule has 1 atom stereocenters. The zero-order valence-electron chi connectivity index (χ0n) is 15.3. The lowest BCUT2D eigenvalue weighted by molar-refractivity contribution is -0.142. The Hall–Kier alpha value is -3.29. The lowest BCUT2D eigenvalue weighted by Gasteiger charge is -2.24. The maximum atomic E-state index is 12.7. The van der Waals surface area contributed by atoms with E-state index in [9.17, 15) is 14.7 Å². The van der Waals surface area contributed by atoms with Gasteiger partial charge in [0.2, 0.25) is 0 Å². The Labute approximate surface area is 156 Å². The summed E-state index contributed by atoms with van der Waals surface area (Å²) in [7, 11) is 1.55. The number of aliphatic hydroxyl groups excluding tert-OH is 1. The van der Waals surface area contributed by atoms with E-state index in [1.807, 2.05) is 0 Å². The number of anilines is 1. The van der Waals surface area contributed by atoms with Gasteiger partial charge >= 0.3 is 5.97 Å². The number of aliphatic hydroxyl groups is 1. The van der Waals surface area contributed by atoms with Crippen molar-refractivity contribution in [1.29, 1.82) is 0 Å². The monoisotopic (exact) mass is 372 g/mol. The van der Waals surface area contributed by atoms with Gasteiger partial charge in [-0.25, -0.2) is 0 Å². The van der Waals surface area contributed by atoms with Gasteiger partial charge in [0, 0.05) is 11.6 Å². The van der Waals surface area contributed by atoms with Gasteiger partial charge in [-0.1, -0.05) is 17.3 Å². The third-order valence-electron chi connectivity index (χ3n) is 4.25. The van der Waals surface area contributed by atoms with Gasteiger partial charge in [0.05, 0.1) is 26.2 Å². The van der Waals surface area contributed by atoms with Crippen molar-refractivity contribution >= 4 is 17.7 Å². The highest BCUT2D eigenvalue weighted by atomic mass is 16.5. The van der Waals surface area contributed by atoms with Gasteiger partial charge in [0.15, 0.2) is 11.6 Å². The number of aromatic nitrogens is 1. The number of amides is 1. The molecular weight excluding hydrogens is 352 g/mol. The molecule has 0 fully saturated rings. The van der Waals surface area contributed by atoms with Gasteiger partial charge in [-0.2, -0.15) is 0 Å². The summed E-state index contributed by atoms with van der Waals surface area (Å²) in [6.07, 6.45) is -0.213. The number of nitrogens with zero attached hydrogens (tertiary/aromatic N) is 2. The summed E-state index contributed by atoms with van der Waals surface area (Å²) in [5.74, 6) is -0.239. The Balaban J connectivity index is 2.05. The summed E-state index contributed by atoms with van der Waals surface area (Å²) in [6, 6.07) is 7.89. The minimum atomic E-state index is -0.711. The zero-order chi connectivity index (χ0) is 19.6. The Morgan fingerprint density at radius 3 is 2.59 bits per heavy atom. The molecule has 0 spiro atoms. The number of methoxy groups -OCH3 is 1. The molecule has 0 saturated carbocycles. The van der Waals surface area contributed by atoms with E-state index in [0.717, 1.165) is 0 Å². The van der Waals surface area contributed by atoms with E-state index in [1.165, 1.54) is 4.90 Å². The van der Waals surface area contributed by atoms with Crippen LogP contribution in [0.15, 0.2) is 46.2 Å². The molecule has 142 valence electrons. The quantitative estimate of drug-likeness (QED) is 0.778. The Kier molecular flexibility index (Phi) is 5.16. The molecule has 1 aromatic heterocycles. The van der Waals surface area contributed by atoms with Crippen molar-refractivity contribution in [2.24, 2.45) is 0 Å². The van der Waals surface area contributed by atoms with Crippen molar-refractivity contribution in [2.45, 2.75) is 26.3 Å². The summed E-state index contributed by atoms with van der Waals surface area (Å²) in [5.41, 5.74) is 0.942. The lowest BCUT2D eigenvalue weighted by Crippen LogP contribution is -2.30. The molecule has 27 heavy (non-hydrogen) atoms. The number of ether oxygens (including phenoxy) is 2. The second kappa shape index (κ2) is 7.53. The van der Waals surface area contributed by atoms with Crippen LogP contribution < -0.4 is 9.64 Å². The maximum Gasteiger partial charge on any atom is 0.310 e. The topological polar surface area (TPSA) is 102 Å². The predicted octanol–water partition coefficient (Wildman–Crippen LogP) is 2.84. The van der Waals surface area contributed by atoms with Crippen molar-refractivity contribution in [3.8, 4) is 5.75 Å². The lowest BCUT2D eigenvalue weighted by atomic mass is 9.97. The second-order valence-corrected chi connectivity index (χ2v) is 6.00. The van der Waals surface area contributed by atoms with Gasteiger partial charge < -0.3 is 19.1 Å². The first-order chi connectivity index (χ1) is 13.0. The van der Waals surface area contributed by atoms with Crippen LogP contribution in [0.5, 0.6) is 5.75 Å². The van der Waals surface area contributed by atoms with Crippen LogP contribution in [0.4, 0.5) is 5.82 Å². The molecule has 1 aliphatic heterocycles. The minimum Gasteiger partial charge on any atom is -0.503 e. The molecule has 8 heteroatoms. The van der Waals surface area contributed by atoms with E-state index in [1.54, 1.807) is 51.3 Å². The van der Waals surface area contributed by atoms with E-state index in [-0.39, 0.29) is 24.4 Å². The van der Waals surface area contributed by atoms with Crippen LogP contribution in [0.2, 0.25) is 0 Å². The van der Waals surface area contributed by atoms with E-state index in [4.69, 9.17) is 14.0 Å². The number of esters is 1.